The highest BCUT2D eigenvalue weighted by molar-refractivity contribution is 7.89. The molecule has 1 atom stereocenters. The maximum Gasteiger partial charge on any atom is 0.267 e. The van der Waals surface area contributed by atoms with Crippen molar-refractivity contribution in [3.8, 4) is 0 Å². The average molecular weight is 434 g/mol. The molecule has 0 radical (unpaired) electrons. The summed E-state index contributed by atoms with van der Waals surface area (Å²) in [5.74, 6) is -0.309. The molecule has 3 N–H and O–H groups in total. The van der Waals surface area contributed by atoms with Crippen molar-refractivity contribution in [3.05, 3.63) is 48.3 Å². The van der Waals surface area contributed by atoms with Crippen LogP contribution in [0.5, 0.6) is 0 Å². The number of carbonyl (C=O) groups is 1. The standard InChI is InChI=1S/C21H31N5O3S/c1-16(2)24-30(28,29)19-13-20(22-15-19)21(27)23-14-17(3)25-9-11-26(12-10-25)18-7-5-4-6-8-18/h4-8,13,15-17,22,24H,9-12,14H2,1-3H3,(H,23,27)/t17-/m0/s1. The molecule has 1 saturated heterocycles. The van der Waals surface area contributed by atoms with E-state index in [0.717, 1.165) is 26.2 Å². The summed E-state index contributed by atoms with van der Waals surface area (Å²) in [6.45, 7) is 9.84. The Morgan fingerprint density at radius 3 is 2.40 bits per heavy atom. The van der Waals surface area contributed by atoms with Gasteiger partial charge in [-0.2, -0.15) is 0 Å². The molecule has 0 unspecified atom stereocenters. The van der Waals surface area contributed by atoms with Gasteiger partial charge in [0.1, 0.15) is 10.6 Å². The molecule has 0 bridgehead atoms. The SMILES string of the molecule is CC(C)NS(=O)(=O)c1c[nH]c(C(=O)NC[C@H](C)N2CCN(c3ccccc3)CC2)c1. The molecule has 2 heterocycles. The molecular weight excluding hydrogens is 402 g/mol. The van der Waals surface area contributed by atoms with Gasteiger partial charge in [0.25, 0.3) is 5.91 Å². The van der Waals surface area contributed by atoms with Gasteiger partial charge in [-0.3, -0.25) is 9.69 Å². The van der Waals surface area contributed by atoms with E-state index in [9.17, 15) is 13.2 Å². The van der Waals surface area contributed by atoms with Crippen molar-refractivity contribution >= 4 is 21.6 Å². The Morgan fingerprint density at radius 1 is 1.10 bits per heavy atom. The monoisotopic (exact) mass is 433 g/mol. The van der Waals surface area contributed by atoms with Gasteiger partial charge in [-0.25, -0.2) is 13.1 Å². The Hall–Kier alpha value is -2.36. The number of amides is 1. The second kappa shape index (κ2) is 9.63. The predicted octanol–water partition coefficient (Wildman–Crippen LogP) is 1.64. The minimum atomic E-state index is -3.62. The number of nitrogens with zero attached hydrogens (tertiary/aromatic N) is 2. The lowest BCUT2D eigenvalue weighted by Crippen LogP contribution is -2.52. The maximum atomic E-state index is 12.4. The van der Waals surface area contributed by atoms with Crippen LogP contribution in [0.4, 0.5) is 5.69 Å². The fraction of sp³-hybridized carbons (Fsp3) is 0.476. The number of H-pyrrole nitrogens is 1. The van der Waals surface area contributed by atoms with Gasteiger partial charge in [0.05, 0.1) is 0 Å². The van der Waals surface area contributed by atoms with Crippen LogP contribution in [0.3, 0.4) is 0 Å². The number of hydrogen-bond donors (Lipinski definition) is 3. The van der Waals surface area contributed by atoms with Crippen molar-refractivity contribution in [3.63, 3.8) is 0 Å². The molecule has 0 saturated carbocycles. The molecule has 8 nitrogen and oxygen atoms in total. The zero-order valence-electron chi connectivity index (χ0n) is 17.8. The lowest BCUT2D eigenvalue weighted by Gasteiger charge is -2.39. The lowest BCUT2D eigenvalue weighted by atomic mass is 10.2. The highest BCUT2D eigenvalue weighted by atomic mass is 32.2. The Bertz CT molecular complexity index is 935. The minimum Gasteiger partial charge on any atom is -0.369 e. The summed E-state index contributed by atoms with van der Waals surface area (Å²) >= 11 is 0. The van der Waals surface area contributed by atoms with E-state index in [1.54, 1.807) is 13.8 Å². The van der Waals surface area contributed by atoms with Crippen LogP contribution < -0.4 is 14.9 Å². The Labute approximate surface area is 178 Å². The van der Waals surface area contributed by atoms with Crippen molar-refractivity contribution in [1.82, 2.24) is 19.9 Å². The Kier molecular flexibility index (Phi) is 7.17. The fourth-order valence-electron chi connectivity index (χ4n) is 3.56. The average Bonchev–Trinajstić information content (AvgIpc) is 3.23. The molecule has 1 amide bonds. The number of rotatable bonds is 8. The number of hydrogen-bond acceptors (Lipinski definition) is 5. The number of aromatic nitrogens is 1. The van der Waals surface area contributed by atoms with Gasteiger partial charge < -0.3 is 15.2 Å². The summed E-state index contributed by atoms with van der Waals surface area (Å²) in [5, 5.41) is 2.90. The molecule has 1 aliphatic heterocycles. The van der Waals surface area contributed by atoms with E-state index in [1.807, 2.05) is 6.07 Å². The normalized spacial score (nSPS) is 16.6. The Morgan fingerprint density at radius 2 is 1.77 bits per heavy atom. The van der Waals surface area contributed by atoms with Crippen LogP contribution in [0.15, 0.2) is 47.5 Å². The number of piperazine rings is 1. The Balaban J connectivity index is 1.48. The van der Waals surface area contributed by atoms with Gasteiger partial charge in [0.15, 0.2) is 0 Å². The molecule has 1 fully saturated rings. The summed E-state index contributed by atoms with van der Waals surface area (Å²) in [4.78, 5) is 20.0. The van der Waals surface area contributed by atoms with Crippen LogP contribution in [0.2, 0.25) is 0 Å². The molecule has 0 spiro atoms. The number of benzene rings is 1. The summed E-state index contributed by atoms with van der Waals surface area (Å²) in [6, 6.07) is 11.7. The van der Waals surface area contributed by atoms with E-state index in [4.69, 9.17) is 0 Å². The number of carbonyl (C=O) groups excluding carboxylic acids is 1. The fourth-order valence-corrected chi connectivity index (χ4v) is 4.81. The second-order valence-corrected chi connectivity index (χ2v) is 9.66. The third-order valence-electron chi connectivity index (χ3n) is 5.22. The van der Waals surface area contributed by atoms with E-state index in [1.165, 1.54) is 18.0 Å². The van der Waals surface area contributed by atoms with Crippen LogP contribution in [0.25, 0.3) is 0 Å². The van der Waals surface area contributed by atoms with Crippen molar-refractivity contribution in [2.24, 2.45) is 0 Å². The van der Waals surface area contributed by atoms with Gasteiger partial charge in [-0.1, -0.05) is 18.2 Å². The van der Waals surface area contributed by atoms with Gasteiger partial charge in [0, 0.05) is 56.7 Å². The zero-order valence-corrected chi connectivity index (χ0v) is 18.6. The molecule has 9 heteroatoms. The van der Waals surface area contributed by atoms with Crippen LogP contribution in [-0.4, -0.2) is 69.0 Å². The molecule has 164 valence electrons. The largest absolute Gasteiger partial charge is 0.369 e. The molecule has 30 heavy (non-hydrogen) atoms. The van der Waals surface area contributed by atoms with E-state index >= 15 is 0 Å². The van der Waals surface area contributed by atoms with Crippen molar-refractivity contribution in [2.45, 2.75) is 37.8 Å². The van der Waals surface area contributed by atoms with E-state index in [0.29, 0.717) is 6.54 Å². The topological polar surface area (TPSA) is 97.5 Å². The van der Waals surface area contributed by atoms with Gasteiger partial charge >= 0.3 is 0 Å². The highest BCUT2D eigenvalue weighted by Crippen LogP contribution is 2.16. The molecule has 3 rings (SSSR count). The van der Waals surface area contributed by atoms with Crippen LogP contribution in [0, 0.1) is 0 Å². The molecule has 0 aliphatic carbocycles. The minimum absolute atomic E-state index is 0.0615. The quantitative estimate of drug-likeness (QED) is 0.588. The van der Waals surface area contributed by atoms with Gasteiger partial charge in [-0.15, -0.1) is 0 Å². The first kappa shape index (κ1) is 22.3. The number of sulfonamides is 1. The van der Waals surface area contributed by atoms with Gasteiger partial charge in [-0.05, 0) is 39.0 Å². The number of para-hydroxylation sites is 1. The van der Waals surface area contributed by atoms with Crippen LogP contribution in [-0.2, 0) is 10.0 Å². The molecule has 1 aromatic heterocycles. The first-order chi connectivity index (χ1) is 14.3. The smallest absolute Gasteiger partial charge is 0.267 e. The summed E-state index contributed by atoms with van der Waals surface area (Å²) in [7, 11) is -3.62. The van der Waals surface area contributed by atoms with E-state index in [2.05, 4.69) is 56.0 Å². The molecule has 2 aromatic rings. The van der Waals surface area contributed by atoms with Crippen molar-refractivity contribution < 1.29 is 13.2 Å². The highest BCUT2D eigenvalue weighted by Gasteiger charge is 2.23. The van der Waals surface area contributed by atoms with Gasteiger partial charge in [0.2, 0.25) is 10.0 Å². The first-order valence-electron chi connectivity index (χ1n) is 10.3. The third-order valence-corrected chi connectivity index (χ3v) is 6.86. The number of anilines is 1. The molecule has 1 aromatic carbocycles. The number of aromatic amines is 1. The van der Waals surface area contributed by atoms with Crippen molar-refractivity contribution in [1.29, 1.82) is 0 Å². The predicted molar refractivity (Wildman–Crippen MR) is 118 cm³/mol. The van der Waals surface area contributed by atoms with E-state index < -0.39 is 10.0 Å². The van der Waals surface area contributed by atoms with Crippen LogP contribution in [0.1, 0.15) is 31.3 Å². The summed E-state index contributed by atoms with van der Waals surface area (Å²) in [6.07, 6.45) is 1.34. The number of nitrogens with one attached hydrogen (secondary N) is 3. The summed E-state index contributed by atoms with van der Waals surface area (Å²) < 4.78 is 26.9. The zero-order chi connectivity index (χ0) is 21.7. The summed E-state index contributed by atoms with van der Waals surface area (Å²) in [5.41, 5.74) is 1.47. The molecule has 1 aliphatic rings. The molecular formula is C21H31N5O3S. The van der Waals surface area contributed by atoms with Crippen molar-refractivity contribution in [2.75, 3.05) is 37.6 Å². The third kappa shape index (κ3) is 5.62. The maximum absolute atomic E-state index is 12.4. The van der Waals surface area contributed by atoms with Crippen LogP contribution >= 0.6 is 0 Å². The van der Waals surface area contributed by atoms with E-state index in [-0.39, 0.29) is 28.6 Å². The lowest BCUT2D eigenvalue weighted by molar-refractivity contribution is 0.0930. The first-order valence-corrected chi connectivity index (χ1v) is 11.8. The second-order valence-electron chi connectivity index (χ2n) is 7.94.